The van der Waals surface area contributed by atoms with Gasteiger partial charge in [-0.15, -0.1) is 0 Å². The lowest BCUT2D eigenvalue weighted by molar-refractivity contribution is 0.101. The van der Waals surface area contributed by atoms with Gasteiger partial charge in [0.15, 0.2) is 5.78 Å². The van der Waals surface area contributed by atoms with Crippen LogP contribution < -0.4 is 10.6 Å². The number of nitrogens with zero attached hydrogens (tertiary/aromatic N) is 1. The first-order chi connectivity index (χ1) is 13.0. The number of rotatable bonds is 6. The second-order valence-corrected chi connectivity index (χ2v) is 6.30. The number of aromatic nitrogens is 1. The Kier molecular flexibility index (Phi) is 5.61. The minimum atomic E-state index is -0.249. The lowest BCUT2D eigenvalue weighted by atomic mass is 10.1. The van der Waals surface area contributed by atoms with Crippen LogP contribution in [-0.4, -0.2) is 16.7 Å². The quantitative estimate of drug-likeness (QED) is 0.625. The van der Waals surface area contributed by atoms with Crippen molar-refractivity contribution in [3.05, 3.63) is 89.6 Å². The van der Waals surface area contributed by atoms with Gasteiger partial charge in [0, 0.05) is 23.5 Å². The highest BCUT2D eigenvalue weighted by Gasteiger charge is 2.09. The minimum absolute atomic E-state index is 0.00936. The van der Waals surface area contributed by atoms with E-state index in [0.29, 0.717) is 22.6 Å². The van der Waals surface area contributed by atoms with Crippen molar-refractivity contribution in [3.8, 4) is 0 Å². The summed E-state index contributed by atoms with van der Waals surface area (Å²) in [6, 6.07) is 20.5. The van der Waals surface area contributed by atoms with Crippen LogP contribution in [0.25, 0.3) is 0 Å². The number of anilines is 2. The number of ketones is 1. The Morgan fingerprint density at radius 3 is 2.15 bits per heavy atom. The van der Waals surface area contributed by atoms with E-state index < -0.39 is 0 Å². The topological polar surface area (TPSA) is 71.1 Å². The minimum Gasteiger partial charge on any atom is -0.364 e. The zero-order chi connectivity index (χ0) is 19.2. The third-order valence-electron chi connectivity index (χ3n) is 4.24. The average Bonchev–Trinajstić information content (AvgIpc) is 2.69. The Labute approximate surface area is 158 Å². The van der Waals surface area contributed by atoms with Crippen LogP contribution in [0, 0.1) is 0 Å². The molecule has 0 aliphatic heterocycles. The number of Topliss-reactive ketones (excluding diaryl/α,β-unsaturated/α-hetero) is 1. The number of hydrogen-bond acceptors (Lipinski definition) is 4. The van der Waals surface area contributed by atoms with Crippen LogP contribution in [-0.2, 0) is 0 Å². The van der Waals surface area contributed by atoms with E-state index in [1.54, 1.807) is 42.6 Å². The smallest absolute Gasteiger partial charge is 0.257 e. The number of benzene rings is 2. The summed E-state index contributed by atoms with van der Waals surface area (Å²) in [5.74, 6) is 0.444. The maximum Gasteiger partial charge on any atom is 0.257 e. The summed E-state index contributed by atoms with van der Waals surface area (Å²) in [5.41, 5.74) is 2.86. The monoisotopic (exact) mass is 359 g/mol. The molecule has 136 valence electrons. The molecule has 3 rings (SSSR count). The van der Waals surface area contributed by atoms with Crippen molar-refractivity contribution in [3.63, 3.8) is 0 Å². The van der Waals surface area contributed by atoms with Gasteiger partial charge in [-0.1, -0.05) is 30.3 Å². The molecule has 0 fully saturated rings. The molecule has 1 atom stereocenters. The van der Waals surface area contributed by atoms with E-state index >= 15 is 0 Å². The van der Waals surface area contributed by atoms with E-state index in [1.165, 1.54) is 6.92 Å². The first kappa shape index (κ1) is 18.3. The van der Waals surface area contributed by atoms with Gasteiger partial charge < -0.3 is 10.6 Å². The molecule has 1 heterocycles. The van der Waals surface area contributed by atoms with Crippen LogP contribution in [0.1, 0.15) is 46.2 Å². The highest BCUT2D eigenvalue weighted by atomic mass is 16.1. The van der Waals surface area contributed by atoms with Crippen LogP contribution in [0.3, 0.4) is 0 Å². The van der Waals surface area contributed by atoms with Gasteiger partial charge >= 0.3 is 0 Å². The van der Waals surface area contributed by atoms with Crippen molar-refractivity contribution in [1.82, 2.24) is 4.98 Å². The van der Waals surface area contributed by atoms with Gasteiger partial charge in [-0.3, -0.25) is 9.59 Å². The van der Waals surface area contributed by atoms with E-state index in [9.17, 15) is 9.59 Å². The Morgan fingerprint density at radius 1 is 0.889 bits per heavy atom. The fraction of sp³-hybridized carbons (Fsp3) is 0.136. The summed E-state index contributed by atoms with van der Waals surface area (Å²) >= 11 is 0. The molecule has 1 aromatic heterocycles. The van der Waals surface area contributed by atoms with Crippen LogP contribution in [0.15, 0.2) is 72.9 Å². The molecular weight excluding hydrogens is 338 g/mol. The second-order valence-electron chi connectivity index (χ2n) is 6.30. The largest absolute Gasteiger partial charge is 0.364 e. The molecule has 0 saturated carbocycles. The molecule has 0 spiro atoms. The van der Waals surface area contributed by atoms with E-state index in [2.05, 4.69) is 34.7 Å². The van der Waals surface area contributed by atoms with Crippen LogP contribution in [0.2, 0.25) is 0 Å². The summed E-state index contributed by atoms with van der Waals surface area (Å²) in [6.45, 7) is 3.57. The predicted molar refractivity (Wildman–Crippen MR) is 107 cm³/mol. The molecule has 1 amide bonds. The van der Waals surface area contributed by atoms with E-state index in [0.717, 1.165) is 5.56 Å². The fourth-order valence-electron chi connectivity index (χ4n) is 2.65. The van der Waals surface area contributed by atoms with Crippen molar-refractivity contribution in [2.75, 3.05) is 10.6 Å². The van der Waals surface area contributed by atoms with E-state index in [1.807, 2.05) is 18.2 Å². The molecule has 5 heteroatoms. The summed E-state index contributed by atoms with van der Waals surface area (Å²) in [7, 11) is 0. The fourth-order valence-corrected chi connectivity index (χ4v) is 2.65. The molecular formula is C22H21N3O2. The van der Waals surface area contributed by atoms with Gasteiger partial charge in [-0.05, 0) is 55.8 Å². The number of hydrogen-bond donors (Lipinski definition) is 2. The number of carbonyl (C=O) groups excluding carboxylic acids is 2. The summed E-state index contributed by atoms with van der Waals surface area (Å²) in [6.07, 6.45) is 1.54. The number of nitrogens with one attached hydrogen (secondary N) is 2. The number of amides is 1. The Hall–Kier alpha value is -3.47. The molecule has 3 aromatic rings. The highest BCUT2D eigenvalue weighted by molar-refractivity contribution is 6.04. The first-order valence-corrected chi connectivity index (χ1v) is 8.73. The molecule has 0 saturated heterocycles. The highest BCUT2D eigenvalue weighted by Crippen LogP contribution is 2.18. The summed E-state index contributed by atoms with van der Waals surface area (Å²) in [5, 5.41) is 6.12. The van der Waals surface area contributed by atoms with Crippen molar-refractivity contribution in [2.45, 2.75) is 19.9 Å². The molecule has 0 aliphatic carbocycles. The van der Waals surface area contributed by atoms with Crippen molar-refractivity contribution < 1.29 is 9.59 Å². The number of pyridine rings is 1. The lowest BCUT2D eigenvalue weighted by Crippen LogP contribution is -2.13. The Balaban J connectivity index is 1.62. The van der Waals surface area contributed by atoms with Crippen molar-refractivity contribution in [2.24, 2.45) is 0 Å². The lowest BCUT2D eigenvalue weighted by Gasteiger charge is -2.15. The average molecular weight is 359 g/mol. The van der Waals surface area contributed by atoms with E-state index in [4.69, 9.17) is 0 Å². The van der Waals surface area contributed by atoms with E-state index in [-0.39, 0.29) is 17.7 Å². The predicted octanol–water partition coefficient (Wildman–Crippen LogP) is 4.71. The molecule has 5 nitrogen and oxygen atoms in total. The maximum absolute atomic E-state index is 12.3. The standard InChI is InChI=1S/C22H21N3O2/c1-15(17-6-4-3-5-7-17)24-21-13-10-19(14-23-21)22(27)25-20-11-8-18(9-12-20)16(2)26/h3-15H,1-2H3,(H,23,24)(H,25,27). The van der Waals surface area contributed by atoms with Gasteiger partial charge in [0.25, 0.3) is 5.91 Å². The molecule has 0 bridgehead atoms. The summed E-state index contributed by atoms with van der Waals surface area (Å²) in [4.78, 5) is 28.0. The normalized spacial score (nSPS) is 11.5. The Morgan fingerprint density at radius 2 is 1.56 bits per heavy atom. The first-order valence-electron chi connectivity index (χ1n) is 8.73. The van der Waals surface area contributed by atoms with Crippen LogP contribution >= 0.6 is 0 Å². The zero-order valence-electron chi connectivity index (χ0n) is 15.3. The maximum atomic E-state index is 12.3. The SMILES string of the molecule is CC(=O)c1ccc(NC(=O)c2ccc(NC(C)c3ccccc3)nc2)cc1. The zero-order valence-corrected chi connectivity index (χ0v) is 15.3. The third kappa shape index (κ3) is 4.79. The van der Waals surface area contributed by atoms with Gasteiger partial charge in [0.1, 0.15) is 5.82 Å². The van der Waals surface area contributed by atoms with Gasteiger partial charge in [-0.25, -0.2) is 4.98 Å². The van der Waals surface area contributed by atoms with Crippen LogP contribution in [0.5, 0.6) is 0 Å². The van der Waals surface area contributed by atoms with Gasteiger partial charge in [0.2, 0.25) is 0 Å². The molecule has 1 unspecified atom stereocenters. The van der Waals surface area contributed by atoms with Crippen molar-refractivity contribution >= 4 is 23.2 Å². The Bertz CT molecular complexity index is 920. The molecule has 0 aliphatic rings. The van der Waals surface area contributed by atoms with Crippen molar-refractivity contribution in [1.29, 1.82) is 0 Å². The van der Waals surface area contributed by atoms with Gasteiger partial charge in [0.05, 0.1) is 5.56 Å². The molecule has 2 N–H and O–H groups in total. The third-order valence-corrected chi connectivity index (χ3v) is 4.24. The molecule has 27 heavy (non-hydrogen) atoms. The summed E-state index contributed by atoms with van der Waals surface area (Å²) < 4.78 is 0. The number of carbonyl (C=O) groups is 2. The molecule has 0 radical (unpaired) electrons. The van der Waals surface area contributed by atoms with Crippen LogP contribution in [0.4, 0.5) is 11.5 Å². The molecule has 2 aromatic carbocycles. The van der Waals surface area contributed by atoms with Gasteiger partial charge in [-0.2, -0.15) is 0 Å². The second kappa shape index (κ2) is 8.27.